The Morgan fingerprint density at radius 2 is 2.05 bits per heavy atom. The van der Waals surface area contributed by atoms with Crippen LogP contribution in [0.25, 0.3) is 0 Å². The molecule has 0 spiro atoms. The van der Waals surface area contributed by atoms with Crippen LogP contribution in [0.4, 0.5) is 0 Å². The zero-order valence-corrected chi connectivity index (χ0v) is 14.4. The molecular weight excluding hydrogens is 272 g/mol. The molecule has 6 unspecified atom stereocenters. The molecule has 2 fully saturated rings. The minimum Gasteiger partial charge on any atom is -0.396 e. The van der Waals surface area contributed by atoms with Crippen LogP contribution in [0.5, 0.6) is 0 Å². The van der Waals surface area contributed by atoms with Gasteiger partial charge in [0.25, 0.3) is 0 Å². The summed E-state index contributed by atoms with van der Waals surface area (Å²) in [6.45, 7) is 11.0. The van der Waals surface area contributed by atoms with E-state index in [-0.39, 0.29) is 29.5 Å². The van der Waals surface area contributed by atoms with E-state index in [0.717, 1.165) is 19.3 Å². The smallest absolute Gasteiger partial charge is 0.0585 e. The number of hydrogen-bond acceptors (Lipinski definition) is 2. The van der Waals surface area contributed by atoms with Crippen LogP contribution in [0.3, 0.4) is 0 Å². The molecule has 2 heteroatoms. The highest BCUT2D eigenvalue weighted by Crippen LogP contribution is 2.64. The first-order valence-corrected chi connectivity index (χ1v) is 8.98. The predicted octanol–water partition coefficient (Wildman–Crippen LogP) is 4.08. The summed E-state index contributed by atoms with van der Waals surface area (Å²) in [7, 11) is 0. The highest BCUT2D eigenvalue weighted by Gasteiger charge is 2.59. The van der Waals surface area contributed by atoms with Crippen molar-refractivity contribution in [3.05, 3.63) is 23.8 Å². The lowest BCUT2D eigenvalue weighted by Crippen LogP contribution is -2.59. The molecule has 0 aromatic heterocycles. The number of aliphatic hydroxyl groups excluding tert-OH is 2. The van der Waals surface area contributed by atoms with Crippen molar-refractivity contribution in [1.82, 2.24) is 0 Å². The summed E-state index contributed by atoms with van der Waals surface area (Å²) in [4.78, 5) is 0. The number of rotatable bonds is 2. The van der Waals surface area contributed by atoms with Gasteiger partial charge in [0, 0.05) is 6.61 Å². The fourth-order valence-corrected chi connectivity index (χ4v) is 6.52. The summed E-state index contributed by atoms with van der Waals surface area (Å²) in [5.74, 6) is 1.38. The molecule has 3 rings (SSSR count). The lowest BCUT2D eigenvalue weighted by molar-refractivity contribution is -0.173. The van der Waals surface area contributed by atoms with Crippen molar-refractivity contribution in [2.45, 2.75) is 65.4 Å². The van der Waals surface area contributed by atoms with Gasteiger partial charge in [-0.15, -0.1) is 0 Å². The molecule has 0 saturated heterocycles. The third-order valence-corrected chi connectivity index (χ3v) is 7.53. The predicted molar refractivity (Wildman–Crippen MR) is 90.4 cm³/mol. The van der Waals surface area contributed by atoms with Crippen molar-refractivity contribution < 1.29 is 10.2 Å². The maximum Gasteiger partial charge on any atom is 0.0585 e. The van der Waals surface area contributed by atoms with E-state index in [1.54, 1.807) is 0 Å². The lowest BCUT2D eigenvalue weighted by atomic mass is 9.43. The van der Waals surface area contributed by atoms with E-state index in [1.807, 2.05) is 6.08 Å². The number of fused-ring (bicyclic) bond motifs is 3. The van der Waals surface area contributed by atoms with Crippen LogP contribution in [-0.2, 0) is 0 Å². The van der Waals surface area contributed by atoms with E-state index in [9.17, 15) is 10.2 Å². The van der Waals surface area contributed by atoms with Crippen molar-refractivity contribution in [2.24, 2.45) is 28.6 Å². The Labute approximate surface area is 135 Å². The molecule has 2 nitrogen and oxygen atoms in total. The molecule has 2 saturated carbocycles. The van der Waals surface area contributed by atoms with Gasteiger partial charge in [0.05, 0.1) is 6.10 Å². The Morgan fingerprint density at radius 1 is 1.32 bits per heavy atom. The number of allylic oxidation sites excluding steroid dienone is 3. The molecule has 0 radical (unpaired) electrons. The second kappa shape index (κ2) is 5.49. The van der Waals surface area contributed by atoms with Crippen LogP contribution in [0.2, 0.25) is 0 Å². The van der Waals surface area contributed by atoms with E-state index in [2.05, 4.69) is 27.4 Å². The topological polar surface area (TPSA) is 40.5 Å². The van der Waals surface area contributed by atoms with Crippen LogP contribution in [0, 0.1) is 28.6 Å². The van der Waals surface area contributed by atoms with Crippen molar-refractivity contribution in [3.8, 4) is 0 Å². The molecule has 0 heterocycles. The van der Waals surface area contributed by atoms with E-state index in [0.29, 0.717) is 11.8 Å². The van der Waals surface area contributed by atoms with Gasteiger partial charge in [-0.3, -0.25) is 0 Å². The Balaban J connectivity index is 2.02. The summed E-state index contributed by atoms with van der Waals surface area (Å²) in [6, 6.07) is 0. The van der Waals surface area contributed by atoms with Gasteiger partial charge < -0.3 is 10.2 Å². The van der Waals surface area contributed by atoms with Crippen LogP contribution in [0.15, 0.2) is 23.8 Å². The van der Waals surface area contributed by atoms with E-state index in [1.165, 1.54) is 30.4 Å². The average Bonchev–Trinajstić information content (AvgIpc) is 2.48. The molecule has 3 aliphatic carbocycles. The van der Waals surface area contributed by atoms with Gasteiger partial charge in [0.1, 0.15) is 0 Å². The summed E-state index contributed by atoms with van der Waals surface area (Å²) in [6.07, 6.45) is 8.36. The van der Waals surface area contributed by atoms with Gasteiger partial charge in [0.2, 0.25) is 0 Å². The Bertz CT molecular complexity index is 494. The van der Waals surface area contributed by atoms with Crippen LogP contribution < -0.4 is 0 Å². The summed E-state index contributed by atoms with van der Waals surface area (Å²) < 4.78 is 0. The van der Waals surface area contributed by atoms with Crippen LogP contribution in [-0.4, -0.2) is 22.9 Å². The lowest BCUT2D eigenvalue weighted by Gasteiger charge is -2.62. The third kappa shape index (κ3) is 2.14. The first-order valence-electron chi connectivity index (χ1n) is 8.98. The molecule has 0 aliphatic heterocycles. The zero-order valence-electron chi connectivity index (χ0n) is 14.4. The standard InChI is InChI=1S/C20H32O2/c1-5-14-7-8-16-15(13(14)2)11-17(22)18-19(3,12-21)9-6-10-20(16,18)4/h5,15-18,21-22H,1,6-12H2,2-4H3. The molecular formula is C20H32O2. The minimum atomic E-state index is -0.289. The SMILES string of the molecule is C=CC1=C(C)C2CC(O)C3C(C)(CO)CCCC3(C)C2CC1. The second-order valence-corrected chi connectivity index (χ2v) is 8.62. The summed E-state index contributed by atoms with van der Waals surface area (Å²) >= 11 is 0. The fraction of sp³-hybridized carbons (Fsp3) is 0.800. The summed E-state index contributed by atoms with van der Waals surface area (Å²) in [5, 5.41) is 21.0. The third-order valence-electron chi connectivity index (χ3n) is 7.53. The van der Waals surface area contributed by atoms with Gasteiger partial charge >= 0.3 is 0 Å². The first-order chi connectivity index (χ1) is 10.4. The molecule has 3 aliphatic rings. The molecule has 0 amide bonds. The van der Waals surface area contributed by atoms with Crippen molar-refractivity contribution in [1.29, 1.82) is 0 Å². The monoisotopic (exact) mass is 304 g/mol. The second-order valence-electron chi connectivity index (χ2n) is 8.62. The molecule has 22 heavy (non-hydrogen) atoms. The van der Waals surface area contributed by atoms with Gasteiger partial charge in [-0.05, 0) is 73.2 Å². The van der Waals surface area contributed by atoms with Crippen molar-refractivity contribution in [2.75, 3.05) is 6.61 Å². The van der Waals surface area contributed by atoms with Gasteiger partial charge in [0.15, 0.2) is 0 Å². The van der Waals surface area contributed by atoms with E-state index in [4.69, 9.17) is 0 Å². The highest BCUT2D eigenvalue weighted by molar-refractivity contribution is 5.30. The Kier molecular flexibility index (Phi) is 4.06. The Morgan fingerprint density at radius 3 is 2.68 bits per heavy atom. The van der Waals surface area contributed by atoms with Gasteiger partial charge in [-0.1, -0.05) is 38.5 Å². The zero-order chi connectivity index (χ0) is 16.1. The van der Waals surface area contributed by atoms with Crippen molar-refractivity contribution >= 4 is 0 Å². The van der Waals surface area contributed by atoms with Crippen molar-refractivity contribution in [3.63, 3.8) is 0 Å². The molecule has 0 bridgehead atoms. The first kappa shape index (κ1) is 16.3. The molecule has 0 aromatic carbocycles. The number of aliphatic hydroxyl groups is 2. The van der Waals surface area contributed by atoms with E-state index >= 15 is 0 Å². The fourth-order valence-electron chi connectivity index (χ4n) is 6.52. The summed E-state index contributed by atoms with van der Waals surface area (Å²) in [5.41, 5.74) is 2.90. The largest absolute Gasteiger partial charge is 0.396 e. The molecule has 0 aromatic rings. The van der Waals surface area contributed by atoms with Crippen LogP contribution in [0.1, 0.15) is 59.3 Å². The molecule has 6 atom stereocenters. The van der Waals surface area contributed by atoms with Crippen LogP contribution >= 0.6 is 0 Å². The average molecular weight is 304 g/mol. The Hall–Kier alpha value is -0.600. The van der Waals surface area contributed by atoms with Gasteiger partial charge in [-0.25, -0.2) is 0 Å². The maximum absolute atomic E-state index is 11.0. The quantitative estimate of drug-likeness (QED) is 0.807. The van der Waals surface area contributed by atoms with Gasteiger partial charge in [-0.2, -0.15) is 0 Å². The maximum atomic E-state index is 11.0. The molecule has 124 valence electrons. The highest BCUT2D eigenvalue weighted by atomic mass is 16.3. The minimum absolute atomic E-state index is 0.117. The number of hydrogen-bond donors (Lipinski definition) is 2. The normalized spacial score (nSPS) is 48.6. The van der Waals surface area contributed by atoms with E-state index < -0.39 is 0 Å². The molecule has 2 N–H and O–H groups in total.